The molecule has 128 valence electrons. The van der Waals surface area contributed by atoms with Gasteiger partial charge in [-0.2, -0.15) is 0 Å². The van der Waals surface area contributed by atoms with Gasteiger partial charge in [-0.25, -0.2) is 23.1 Å². The van der Waals surface area contributed by atoms with Crippen molar-refractivity contribution in [2.45, 2.75) is 63.7 Å². The Bertz CT molecular complexity index is 651. The first-order chi connectivity index (χ1) is 10.8. The highest BCUT2D eigenvalue weighted by Crippen LogP contribution is 2.29. The van der Waals surface area contributed by atoms with Crippen LogP contribution in [0, 0.1) is 0 Å². The fourth-order valence-electron chi connectivity index (χ4n) is 2.63. The molecule has 1 aliphatic heterocycles. The van der Waals surface area contributed by atoms with Gasteiger partial charge in [-0.3, -0.25) is 0 Å². The number of sulfonamides is 1. The highest BCUT2D eigenvalue weighted by molar-refractivity contribution is 7.90. The molecule has 2 fully saturated rings. The van der Waals surface area contributed by atoms with Crippen LogP contribution in [0.3, 0.4) is 0 Å². The van der Waals surface area contributed by atoms with Crippen LogP contribution in [-0.4, -0.2) is 42.8 Å². The molecule has 0 unspecified atom stereocenters. The quantitative estimate of drug-likeness (QED) is 0.858. The molecule has 0 amide bonds. The normalized spacial score (nSPS) is 19.5. The number of hydrogen-bond donors (Lipinski definition) is 1. The maximum atomic E-state index is 12.0. The summed E-state index contributed by atoms with van der Waals surface area (Å²) in [7, 11) is -3.11. The molecule has 1 N–H and O–H groups in total. The first-order valence-electron chi connectivity index (χ1n) is 8.41. The molecule has 7 heteroatoms. The van der Waals surface area contributed by atoms with Crippen molar-refractivity contribution < 1.29 is 8.42 Å². The van der Waals surface area contributed by atoms with E-state index in [0.29, 0.717) is 19.0 Å². The molecule has 2 aliphatic rings. The van der Waals surface area contributed by atoms with Gasteiger partial charge in [0.15, 0.2) is 0 Å². The van der Waals surface area contributed by atoms with Gasteiger partial charge in [0.1, 0.15) is 11.6 Å². The van der Waals surface area contributed by atoms with Gasteiger partial charge >= 0.3 is 0 Å². The molecule has 1 aromatic rings. The Morgan fingerprint density at radius 1 is 1.13 bits per heavy atom. The van der Waals surface area contributed by atoms with Crippen molar-refractivity contribution in [1.82, 2.24) is 14.7 Å². The predicted octanol–water partition coefficient (Wildman–Crippen LogP) is 1.99. The Morgan fingerprint density at radius 2 is 1.78 bits per heavy atom. The molecular weight excluding hydrogens is 312 g/mol. The lowest BCUT2D eigenvalue weighted by atomic mass is 10.1. The van der Waals surface area contributed by atoms with Crippen molar-refractivity contribution >= 4 is 15.8 Å². The molecule has 1 saturated carbocycles. The van der Waals surface area contributed by atoms with Crippen molar-refractivity contribution in [3.63, 3.8) is 0 Å². The second-order valence-corrected chi connectivity index (χ2v) is 9.28. The van der Waals surface area contributed by atoms with Crippen molar-refractivity contribution in [3.8, 4) is 0 Å². The average Bonchev–Trinajstić information content (AvgIpc) is 3.26. The molecule has 1 aliphatic carbocycles. The SMILES string of the molecule is CC(C)c1cc(N2CC(NS(=O)(=O)C3CC3)C2)nc(C(C)C)n1. The Hall–Kier alpha value is -1.21. The van der Waals surface area contributed by atoms with Crippen LogP contribution in [0.5, 0.6) is 0 Å². The molecule has 0 radical (unpaired) electrons. The van der Waals surface area contributed by atoms with Gasteiger partial charge in [-0.15, -0.1) is 0 Å². The molecule has 3 rings (SSSR count). The summed E-state index contributed by atoms with van der Waals surface area (Å²) in [4.78, 5) is 11.4. The topological polar surface area (TPSA) is 75.2 Å². The van der Waals surface area contributed by atoms with Gasteiger partial charge in [0.25, 0.3) is 0 Å². The molecule has 1 saturated heterocycles. The third-order valence-corrected chi connectivity index (χ3v) is 6.37. The van der Waals surface area contributed by atoms with Crippen LogP contribution in [0.15, 0.2) is 6.07 Å². The maximum absolute atomic E-state index is 12.0. The van der Waals surface area contributed by atoms with Gasteiger partial charge in [0.05, 0.1) is 11.3 Å². The van der Waals surface area contributed by atoms with E-state index in [2.05, 4.69) is 47.3 Å². The standard InChI is InChI=1S/C16H26N4O2S/c1-10(2)14-7-15(18-16(17-14)11(3)4)20-8-12(9-20)19-23(21,22)13-5-6-13/h7,10-13,19H,5-6,8-9H2,1-4H3. The van der Waals surface area contributed by atoms with Crippen LogP contribution in [-0.2, 0) is 10.0 Å². The minimum atomic E-state index is -3.11. The average molecular weight is 338 g/mol. The van der Waals surface area contributed by atoms with E-state index in [1.54, 1.807) is 0 Å². The highest BCUT2D eigenvalue weighted by atomic mass is 32.2. The Labute approximate surface area is 138 Å². The summed E-state index contributed by atoms with van der Waals surface area (Å²) in [5.41, 5.74) is 1.04. The first kappa shape index (κ1) is 16.6. The fourth-order valence-corrected chi connectivity index (χ4v) is 4.20. The molecule has 23 heavy (non-hydrogen) atoms. The van der Waals surface area contributed by atoms with Crippen molar-refractivity contribution in [3.05, 3.63) is 17.6 Å². The Balaban J connectivity index is 1.69. The number of anilines is 1. The zero-order valence-corrected chi connectivity index (χ0v) is 15.1. The third kappa shape index (κ3) is 3.66. The zero-order chi connectivity index (χ0) is 16.8. The van der Waals surface area contributed by atoms with Crippen LogP contribution in [0.2, 0.25) is 0 Å². The van der Waals surface area contributed by atoms with E-state index in [1.807, 2.05) is 6.07 Å². The van der Waals surface area contributed by atoms with Gasteiger partial charge in [0.2, 0.25) is 10.0 Å². The minimum Gasteiger partial charge on any atom is -0.353 e. The lowest BCUT2D eigenvalue weighted by Gasteiger charge is -2.40. The molecule has 0 spiro atoms. The van der Waals surface area contributed by atoms with E-state index in [4.69, 9.17) is 0 Å². The van der Waals surface area contributed by atoms with E-state index >= 15 is 0 Å². The van der Waals surface area contributed by atoms with Crippen LogP contribution in [0.1, 0.15) is 63.9 Å². The summed E-state index contributed by atoms with van der Waals surface area (Å²) in [6.45, 7) is 9.78. The lowest BCUT2D eigenvalue weighted by Crippen LogP contribution is -2.60. The molecular formula is C16H26N4O2S. The maximum Gasteiger partial charge on any atom is 0.214 e. The number of aromatic nitrogens is 2. The smallest absolute Gasteiger partial charge is 0.214 e. The summed E-state index contributed by atoms with van der Waals surface area (Å²) in [6.07, 6.45) is 1.60. The van der Waals surface area contributed by atoms with E-state index in [-0.39, 0.29) is 17.2 Å². The van der Waals surface area contributed by atoms with Gasteiger partial charge in [0, 0.05) is 30.8 Å². The third-order valence-electron chi connectivity index (χ3n) is 4.36. The van der Waals surface area contributed by atoms with Crippen LogP contribution in [0.4, 0.5) is 5.82 Å². The fraction of sp³-hybridized carbons (Fsp3) is 0.750. The summed E-state index contributed by atoms with van der Waals surface area (Å²) in [5.74, 6) is 2.39. The monoisotopic (exact) mass is 338 g/mol. The van der Waals surface area contributed by atoms with Crippen molar-refractivity contribution in [1.29, 1.82) is 0 Å². The van der Waals surface area contributed by atoms with E-state index in [1.165, 1.54) is 0 Å². The van der Waals surface area contributed by atoms with Gasteiger partial charge in [-0.05, 0) is 18.8 Å². The Kier molecular flexibility index (Phi) is 4.35. The summed E-state index contributed by atoms with van der Waals surface area (Å²) < 4.78 is 26.8. The number of nitrogens with zero attached hydrogens (tertiary/aromatic N) is 3. The molecule has 6 nitrogen and oxygen atoms in total. The van der Waals surface area contributed by atoms with E-state index in [0.717, 1.165) is 30.2 Å². The molecule has 0 atom stereocenters. The molecule has 0 bridgehead atoms. The van der Waals surface area contributed by atoms with Crippen molar-refractivity contribution in [2.24, 2.45) is 0 Å². The zero-order valence-electron chi connectivity index (χ0n) is 14.3. The summed E-state index contributed by atoms with van der Waals surface area (Å²) >= 11 is 0. The summed E-state index contributed by atoms with van der Waals surface area (Å²) in [5, 5.41) is -0.157. The number of nitrogens with one attached hydrogen (secondary N) is 1. The predicted molar refractivity (Wildman–Crippen MR) is 91.3 cm³/mol. The molecule has 1 aromatic heterocycles. The van der Waals surface area contributed by atoms with E-state index < -0.39 is 10.0 Å². The minimum absolute atomic E-state index is 0.000523. The largest absolute Gasteiger partial charge is 0.353 e. The number of rotatable bonds is 6. The lowest BCUT2D eigenvalue weighted by molar-refractivity contribution is 0.464. The first-order valence-corrected chi connectivity index (χ1v) is 9.96. The number of hydrogen-bond acceptors (Lipinski definition) is 5. The van der Waals surface area contributed by atoms with Crippen LogP contribution < -0.4 is 9.62 Å². The molecule has 0 aromatic carbocycles. The van der Waals surface area contributed by atoms with Gasteiger partial charge < -0.3 is 4.90 Å². The highest BCUT2D eigenvalue weighted by Gasteiger charge is 2.40. The van der Waals surface area contributed by atoms with Crippen LogP contribution in [0.25, 0.3) is 0 Å². The Morgan fingerprint density at radius 3 is 2.30 bits per heavy atom. The van der Waals surface area contributed by atoms with Gasteiger partial charge in [-0.1, -0.05) is 27.7 Å². The van der Waals surface area contributed by atoms with Crippen molar-refractivity contribution in [2.75, 3.05) is 18.0 Å². The van der Waals surface area contributed by atoms with Crippen LogP contribution >= 0.6 is 0 Å². The summed E-state index contributed by atoms with van der Waals surface area (Å²) in [6, 6.07) is 2.03. The van der Waals surface area contributed by atoms with E-state index in [9.17, 15) is 8.42 Å². The second kappa shape index (κ2) is 6.02. The molecule has 2 heterocycles. The second-order valence-electron chi connectivity index (χ2n) is 7.28.